The van der Waals surface area contributed by atoms with E-state index in [1.165, 1.54) is 14.0 Å². The van der Waals surface area contributed by atoms with Crippen molar-refractivity contribution < 1.29 is 9.53 Å². The minimum Gasteiger partial charge on any atom is -0.469 e. The zero-order chi connectivity index (χ0) is 4.28. The van der Waals surface area contributed by atoms with Crippen molar-refractivity contribution in [3.63, 3.8) is 0 Å². The first kappa shape index (κ1) is 9.42. The third kappa shape index (κ3) is 8.95. The Kier molecular flexibility index (Phi) is 7.95. The van der Waals surface area contributed by atoms with Crippen LogP contribution in [0.3, 0.4) is 0 Å². The summed E-state index contributed by atoms with van der Waals surface area (Å²) < 4.78 is 4.11. The zero-order valence-electron chi connectivity index (χ0n) is 4.32. The van der Waals surface area contributed by atoms with Crippen LogP contribution < -0.4 is 0 Å². The topological polar surface area (TPSA) is 26.3 Å². The number of carbonyl (C=O) groups is 1. The molecule has 0 amide bonds. The number of carbonyl (C=O) groups excluding carboxylic acids is 1. The van der Waals surface area contributed by atoms with E-state index in [1.54, 1.807) is 0 Å². The third-order valence-electron chi connectivity index (χ3n) is 0.287. The summed E-state index contributed by atoms with van der Waals surface area (Å²) in [4.78, 5) is 9.59. The molecule has 0 spiro atoms. The van der Waals surface area contributed by atoms with Crippen molar-refractivity contribution >= 4 is 24.8 Å². The molecule has 0 unspecified atom stereocenters. The van der Waals surface area contributed by atoms with E-state index in [4.69, 9.17) is 0 Å². The van der Waals surface area contributed by atoms with Crippen LogP contribution in [-0.4, -0.2) is 31.9 Å². The molecule has 0 aromatic heterocycles. The Morgan fingerprint density at radius 3 is 1.83 bits per heavy atom. The number of rotatable bonds is 0. The normalized spacial score (nSPS) is 5.67. The van der Waals surface area contributed by atoms with Gasteiger partial charge in [-0.1, -0.05) is 0 Å². The monoisotopic (exact) mass is 81.1 g/mol. The molecule has 0 aliphatic rings. The van der Waals surface area contributed by atoms with Crippen molar-refractivity contribution in [2.75, 3.05) is 7.11 Å². The van der Waals surface area contributed by atoms with Gasteiger partial charge in [0.1, 0.15) is 0 Å². The van der Waals surface area contributed by atoms with Gasteiger partial charge in [0.25, 0.3) is 0 Å². The smallest absolute Gasteiger partial charge is 0.302 e. The first-order valence-electron chi connectivity index (χ1n) is 1.32. The number of hydrogen-bond acceptors (Lipinski definition) is 2. The van der Waals surface area contributed by atoms with Crippen LogP contribution in [0.25, 0.3) is 0 Å². The molecule has 0 aromatic carbocycles. The van der Waals surface area contributed by atoms with E-state index < -0.39 is 0 Å². The van der Waals surface area contributed by atoms with E-state index in [-0.39, 0.29) is 24.8 Å². The summed E-state index contributed by atoms with van der Waals surface area (Å²) in [5.41, 5.74) is 0. The molecule has 0 bridgehead atoms. The van der Waals surface area contributed by atoms with Crippen LogP contribution in [0.2, 0.25) is 0 Å². The number of esters is 1. The second-order valence-electron chi connectivity index (χ2n) is 0.696. The molecule has 0 fully saturated rings. The maximum Gasteiger partial charge on any atom is 0.302 e. The minimum atomic E-state index is -0.245. The fraction of sp³-hybridized carbons (Fsp3) is 0.667. The number of ether oxygens (including phenoxy) is 1. The van der Waals surface area contributed by atoms with Crippen molar-refractivity contribution in [3.8, 4) is 0 Å². The van der Waals surface area contributed by atoms with Gasteiger partial charge in [0, 0.05) is 25.8 Å². The molecule has 0 rings (SSSR count). The predicted octanol–water partition coefficient (Wildman–Crippen LogP) is -0.202. The van der Waals surface area contributed by atoms with E-state index >= 15 is 0 Å². The number of methoxy groups -OCH3 is 1. The van der Waals surface area contributed by atoms with Gasteiger partial charge in [0.05, 0.1) is 7.11 Å². The Balaban J connectivity index is 0. The molecule has 0 saturated carbocycles. The maximum absolute atomic E-state index is 9.59. The number of hydrogen-bond donors (Lipinski definition) is 0. The Hall–Kier alpha value is 0.0674. The summed E-state index contributed by atoms with van der Waals surface area (Å²) in [6.45, 7) is 1.36. The molecule has 6 heavy (non-hydrogen) atoms. The van der Waals surface area contributed by atoms with Crippen LogP contribution in [0.5, 0.6) is 0 Å². The van der Waals surface area contributed by atoms with Crippen LogP contribution in [0.15, 0.2) is 0 Å². The first-order chi connectivity index (χ1) is 2.27. The second-order valence-corrected chi connectivity index (χ2v) is 0.696. The van der Waals surface area contributed by atoms with Gasteiger partial charge in [-0.15, -0.1) is 0 Å². The van der Waals surface area contributed by atoms with E-state index in [0.29, 0.717) is 0 Å². The summed E-state index contributed by atoms with van der Waals surface area (Å²) in [7, 11) is 1.35. The van der Waals surface area contributed by atoms with Gasteiger partial charge in [-0.2, -0.15) is 0 Å². The van der Waals surface area contributed by atoms with Crippen LogP contribution in [0, 0.1) is 0 Å². The summed E-state index contributed by atoms with van der Waals surface area (Å²) in [6, 6.07) is 0. The SMILES string of the molecule is COC(C)=O.[Li]. The molecule has 1 radical (unpaired) electrons. The van der Waals surface area contributed by atoms with Gasteiger partial charge < -0.3 is 4.74 Å². The molecule has 0 aromatic rings. The van der Waals surface area contributed by atoms with Crippen LogP contribution >= 0.6 is 0 Å². The average molecular weight is 81.0 g/mol. The molecular weight excluding hydrogens is 75.0 g/mol. The third-order valence-corrected chi connectivity index (χ3v) is 0.287. The Labute approximate surface area is 49.0 Å². The summed E-state index contributed by atoms with van der Waals surface area (Å²) >= 11 is 0. The molecule has 0 aliphatic carbocycles. The first-order valence-corrected chi connectivity index (χ1v) is 1.32. The van der Waals surface area contributed by atoms with Gasteiger partial charge in [-0.25, -0.2) is 0 Å². The standard InChI is InChI=1S/C3H6O2.Li/c1-3(4)5-2;/h1-2H3;. The second kappa shape index (κ2) is 5.07. The molecule has 31 valence electrons. The summed E-state index contributed by atoms with van der Waals surface area (Å²) in [5, 5.41) is 0. The van der Waals surface area contributed by atoms with E-state index in [2.05, 4.69) is 4.74 Å². The van der Waals surface area contributed by atoms with Gasteiger partial charge >= 0.3 is 5.97 Å². The maximum atomic E-state index is 9.59. The fourth-order valence-electron chi connectivity index (χ4n) is 0. The van der Waals surface area contributed by atoms with Gasteiger partial charge in [-0.3, -0.25) is 4.79 Å². The average Bonchev–Trinajstić information content (AvgIpc) is 1.38. The Bertz CT molecular complexity index is 44.1. The van der Waals surface area contributed by atoms with E-state index in [1.807, 2.05) is 0 Å². The fourth-order valence-corrected chi connectivity index (χ4v) is 0. The van der Waals surface area contributed by atoms with Gasteiger partial charge in [0.2, 0.25) is 0 Å². The van der Waals surface area contributed by atoms with Gasteiger partial charge in [-0.05, 0) is 0 Å². The molecule has 0 heterocycles. The van der Waals surface area contributed by atoms with Crippen molar-refractivity contribution in [2.45, 2.75) is 6.92 Å². The Morgan fingerprint density at radius 1 is 1.67 bits per heavy atom. The summed E-state index contributed by atoms with van der Waals surface area (Å²) in [5.74, 6) is -0.245. The van der Waals surface area contributed by atoms with Crippen molar-refractivity contribution in [3.05, 3.63) is 0 Å². The van der Waals surface area contributed by atoms with E-state index in [9.17, 15) is 4.79 Å². The Morgan fingerprint density at radius 2 is 1.83 bits per heavy atom. The largest absolute Gasteiger partial charge is 0.469 e. The minimum absolute atomic E-state index is 0. The molecule has 0 atom stereocenters. The molecule has 0 saturated heterocycles. The predicted molar refractivity (Wildman–Crippen MR) is 23.4 cm³/mol. The summed E-state index contributed by atoms with van der Waals surface area (Å²) in [6.07, 6.45) is 0. The van der Waals surface area contributed by atoms with Gasteiger partial charge in [0.15, 0.2) is 0 Å². The quantitative estimate of drug-likeness (QED) is 0.298. The van der Waals surface area contributed by atoms with Crippen molar-refractivity contribution in [1.82, 2.24) is 0 Å². The van der Waals surface area contributed by atoms with Crippen LogP contribution in [-0.2, 0) is 9.53 Å². The molecule has 0 N–H and O–H groups in total. The van der Waals surface area contributed by atoms with Crippen LogP contribution in [0.4, 0.5) is 0 Å². The van der Waals surface area contributed by atoms with Crippen LogP contribution in [0.1, 0.15) is 6.92 Å². The molecular formula is C3H6LiO2. The molecule has 3 heteroatoms. The van der Waals surface area contributed by atoms with Crippen molar-refractivity contribution in [2.24, 2.45) is 0 Å². The van der Waals surface area contributed by atoms with E-state index in [0.717, 1.165) is 0 Å². The molecule has 2 nitrogen and oxygen atoms in total. The molecule has 0 aliphatic heterocycles. The van der Waals surface area contributed by atoms with Crippen molar-refractivity contribution in [1.29, 1.82) is 0 Å². The zero-order valence-corrected chi connectivity index (χ0v) is 4.32.